The first-order valence-electron chi connectivity index (χ1n) is 11.7. The highest BCUT2D eigenvalue weighted by atomic mass is 32.2. The Morgan fingerprint density at radius 3 is 2.56 bits per heavy atom. The number of hydrogen-bond donors (Lipinski definition) is 2. The van der Waals surface area contributed by atoms with E-state index in [9.17, 15) is 23.1 Å². The van der Waals surface area contributed by atoms with Gasteiger partial charge >= 0.3 is 5.97 Å². The molecule has 0 aliphatic carbocycles. The minimum absolute atomic E-state index is 0.190. The van der Waals surface area contributed by atoms with E-state index >= 15 is 0 Å². The third kappa shape index (κ3) is 7.14. The van der Waals surface area contributed by atoms with Gasteiger partial charge in [-0.15, -0.1) is 0 Å². The number of carbonyl (C=O) groups is 2. The Balaban J connectivity index is 1.91. The lowest BCUT2D eigenvalue weighted by Gasteiger charge is -2.31. The van der Waals surface area contributed by atoms with Crippen molar-refractivity contribution in [1.29, 1.82) is 0 Å². The molecule has 34 heavy (non-hydrogen) atoms. The quantitative estimate of drug-likeness (QED) is 0.562. The summed E-state index contributed by atoms with van der Waals surface area (Å²) in [5, 5.41) is 12.1. The number of piperidine rings is 1. The van der Waals surface area contributed by atoms with Gasteiger partial charge in [0.25, 0.3) is 5.91 Å². The number of amides is 1. The summed E-state index contributed by atoms with van der Waals surface area (Å²) in [5.74, 6) is -1.45. The van der Waals surface area contributed by atoms with Crippen LogP contribution in [0.3, 0.4) is 0 Å². The number of aliphatic carboxylic acids is 1. The second-order valence-corrected chi connectivity index (χ2v) is 11.7. The molecule has 2 N–H and O–H groups in total. The topological polar surface area (TPSA) is 104 Å². The van der Waals surface area contributed by atoms with Crippen molar-refractivity contribution >= 4 is 21.7 Å². The smallest absolute Gasteiger partial charge is 0.326 e. The zero-order chi connectivity index (χ0) is 24.9. The summed E-state index contributed by atoms with van der Waals surface area (Å²) in [6.07, 6.45) is 3.28. The molecule has 2 atom stereocenters. The standard InChI is InChI=1S/C26H34N2O5S/c1-18-7-6-13-28(16-18)17-20-10-11-22(23(15-20)21-9-5-4-8-19(21)2)25(29)27-24(26(30)31)12-14-34(3,32)33/h4-5,8-11,15,18,24H,6-7,12-14,16-17H2,1-3H3,(H,27,29)(H,30,31). The number of nitrogens with one attached hydrogen (secondary N) is 1. The average molecular weight is 487 g/mol. The van der Waals surface area contributed by atoms with Crippen molar-refractivity contribution < 1.29 is 23.1 Å². The van der Waals surface area contributed by atoms with Crippen LogP contribution >= 0.6 is 0 Å². The van der Waals surface area contributed by atoms with Gasteiger partial charge in [-0.05, 0) is 73.0 Å². The molecular formula is C26H34N2O5S. The third-order valence-electron chi connectivity index (χ3n) is 6.29. The van der Waals surface area contributed by atoms with Gasteiger partial charge in [-0.3, -0.25) is 9.69 Å². The summed E-state index contributed by atoms with van der Waals surface area (Å²) < 4.78 is 23.0. The molecule has 2 aromatic rings. The summed E-state index contributed by atoms with van der Waals surface area (Å²) in [6.45, 7) is 7.12. The van der Waals surface area contributed by atoms with E-state index in [1.807, 2.05) is 43.3 Å². The number of sulfone groups is 1. The maximum Gasteiger partial charge on any atom is 0.326 e. The van der Waals surface area contributed by atoms with E-state index in [2.05, 4.69) is 17.1 Å². The van der Waals surface area contributed by atoms with Gasteiger partial charge < -0.3 is 10.4 Å². The fraction of sp³-hybridized carbons (Fsp3) is 0.462. The number of carbonyl (C=O) groups excluding carboxylic acids is 1. The average Bonchev–Trinajstić information content (AvgIpc) is 2.76. The molecular weight excluding hydrogens is 452 g/mol. The molecule has 184 valence electrons. The first-order valence-corrected chi connectivity index (χ1v) is 13.7. The fourth-order valence-electron chi connectivity index (χ4n) is 4.50. The number of nitrogens with zero attached hydrogens (tertiary/aromatic N) is 1. The highest BCUT2D eigenvalue weighted by Crippen LogP contribution is 2.29. The Labute approximate surface area is 202 Å². The van der Waals surface area contributed by atoms with E-state index in [1.165, 1.54) is 12.8 Å². The predicted molar refractivity (Wildman–Crippen MR) is 134 cm³/mol. The van der Waals surface area contributed by atoms with E-state index < -0.39 is 27.8 Å². The van der Waals surface area contributed by atoms with Crippen LogP contribution in [0.25, 0.3) is 11.1 Å². The Hall–Kier alpha value is -2.71. The van der Waals surface area contributed by atoms with E-state index in [-0.39, 0.29) is 12.2 Å². The number of hydrogen-bond acceptors (Lipinski definition) is 5. The van der Waals surface area contributed by atoms with Crippen LogP contribution in [0.15, 0.2) is 42.5 Å². The predicted octanol–water partition coefficient (Wildman–Crippen LogP) is 3.51. The highest BCUT2D eigenvalue weighted by molar-refractivity contribution is 7.90. The maximum atomic E-state index is 13.2. The molecule has 1 aliphatic heterocycles. The van der Waals surface area contributed by atoms with Crippen LogP contribution in [0.5, 0.6) is 0 Å². The van der Waals surface area contributed by atoms with Gasteiger partial charge in [-0.1, -0.05) is 37.3 Å². The molecule has 3 rings (SSSR count). The van der Waals surface area contributed by atoms with E-state index in [0.717, 1.165) is 48.1 Å². The van der Waals surface area contributed by atoms with Crippen molar-refractivity contribution in [3.63, 3.8) is 0 Å². The van der Waals surface area contributed by atoms with Crippen molar-refractivity contribution in [2.75, 3.05) is 25.1 Å². The number of benzene rings is 2. The van der Waals surface area contributed by atoms with Gasteiger partial charge in [0.1, 0.15) is 15.9 Å². The van der Waals surface area contributed by atoms with E-state index in [4.69, 9.17) is 0 Å². The largest absolute Gasteiger partial charge is 0.480 e. The van der Waals surface area contributed by atoms with Crippen LogP contribution in [0, 0.1) is 12.8 Å². The highest BCUT2D eigenvalue weighted by Gasteiger charge is 2.24. The van der Waals surface area contributed by atoms with Gasteiger partial charge in [0.05, 0.1) is 5.75 Å². The minimum Gasteiger partial charge on any atom is -0.480 e. The summed E-state index contributed by atoms with van der Waals surface area (Å²) in [7, 11) is -3.35. The molecule has 1 aliphatic rings. The van der Waals surface area contributed by atoms with Crippen LogP contribution in [0.1, 0.15) is 47.7 Å². The molecule has 0 spiro atoms. The Kier molecular flexibility index (Phi) is 8.49. The van der Waals surface area contributed by atoms with Crippen molar-refractivity contribution in [2.45, 2.75) is 45.7 Å². The van der Waals surface area contributed by atoms with Crippen LogP contribution in [-0.2, 0) is 21.2 Å². The summed E-state index contributed by atoms with van der Waals surface area (Å²) in [6, 6.07) is 12.2. The Morgan fingerprint density at radius 1 is 1.18 bits per heavy atom. The van der Waals surface area contributed by atoms with Gasteiger partial charge in [-0.25, -0.2) is 13.2 Å². The van der Waals surface area contributed by atoms with Crippen LogP contribution in [-0.4, -0.2) is 61.4 Å². The minimum atomic E-state index is -3.35. The van der Waals surface area contributed by atoms with Gasteiger partial charge in [0.15, 0.2) is 0 Å². The molecule has 1 heterocycles. The molecule has 7 nitrogen and oxygen atoms in total. The fourth-order valence-corrected chi connectivity index (χ4v) is 5.16. The number of likely N-dealkylation sites (tertiary alicyclic amines) is 1. The van der Waals surface area contributed by atoms with Crippen LogP contribution < -0.4 is 5.32 Å². The molecule has 1 amide bonds. The van der Waals surface area contributed by atoms with Crippen LogP contribution in [0.2, 0.25) is 0 Å². The molecule has 0 bridgehead atoms. The van der Waals surface area contributed by atoms with Crippen molar-refractivity contribution in [1.82, 2.24) is 10.2 Å². The monoisotopic (exact) mass is 486 g/mol. The van der Waals surface area contributed by atoms with Crippen molar-refractivity contribution in [2.24, 2.45) is 5.92 Å². The van der Waals surface area contributed by atoms with Crippen molar-refractivity contribution in [3.05, 3.63) is 59.2 Å². The molecule has 8 heteroatoms. The number of carboxylic acids is 1. The lowest BCUT2D eigenvalue weighted by molar-refractivity contribution is -0.139. The SMILES string of the molecule is Cc1ccccc1-c1cc(CN2CCCC(C)C2)ccc1C(=O)NC(CCS(C)(=O)=O)C(=O)O. The Morgan fingerprint density at radius 2 is 1.91 bits per heavy atom. The number of rotatable bonds is 9. The van der Waals surface area contributed by atoms with Gasteiger partial charge in [-0.2, -0.15) is 0 Å². The molecule has 1 saturated heterocycles. The summed E-state index contributed by atoms with van der Waals surface area (Å²) in [4.78, 5) is 27.3. The van der Waals surface area contributed by atoms with Crippen LogP contribution in [0.4, 0.5) is 0 Å². The summed E-state index contributed by atoms with van der Waals surface area (Å²) >= 11 is 0. The van der Waals surface area contributed by atoms with E-state index in [0.29, 0.717) is 11.5 Å². The van der Waals surface area contributed by atoms with Gasteiger partial charge in [0.2, 0.25) is 0 Å². The lowest BCUT2D eigenvalue weighted by Crippen LogP contribution is -2.42. The third-order valence-corrected chi connectivity index (χ3v) is 7.27. The first-order chi connectivity index (χ1) is 16.0. The molecule has 1 fully saturated rings. The van der Waals surface area contributed by atoms with Gasteiger partial charge in [0, 0.05) is 24.9 Å². The zero-order valence-corrected chi connectivity index (χ0v) is 20.9. The normalized spacial score (nSPS) is 17.8. The zero-order valence-electron chi connectivity index (χ0n) is 20.1. The lowest BCUT2D eigenvalue weighted by atomic mass is 9.93. The molecule has 0 radical (unpaired) electrons. The first kappa shape index (κ1) is 25.9. The molecule has 0 saturated carbocycles. The van der Waals surface area contributed by atoms with E-state index in [1.54, 1.807) is 6.07 Å². The number of carboxylic acid groups (broad SMARTS) is 1. The summed E-state index contributed by atoms with van der Waals surface area (Å²) in [5.41, 5.74) is 4.12. The molecule has 2 unspecified atom stereocenters. The Bertz CT molecular complexity index is 1150. The maximum absolute atomic E-state index is 13.2. The number of aryl methyl sites for hydroxylation is 1. The van der Waals surface area contributed by atoms with Crippen molar-refractivity contribution in [3.8, 4) is 11.1 Å². The second kappa shape index (κ2) is 11.1. The molecule has 0 aromatic heterocycles. The molecule has 2 aromatic carbocycles. The second-order valence-electron chi connectivity index (χ2n) is 9.46.